The largest absolute Gasteiger partial charge is 0.352 e. The SMILES string of the molecule is O=C(NC1CCSCC1)[C@@H]1Cc2ccccc2CN1. The lowest BCUT2D eigenvalue weighted by molar-refractivity contribution is -0.124. The molecule has 1 amide bonds. The second kappa shape index (κ2) is 5.97. The first-order chi connectivity index (χ1) is 9.33. The predicted molar refractivity (Wildman–Crippen MR) is 79.3 cm³/mol. The van der Waals surface area contributed by atoms with Gasteiger partial charge >= 0.3 is 0 Å². The van der Waals surface area contributed by atoms with Crippen molar-refractivity contribution in [3.05, 3.63) is 35.4 Å². The van der Waals surface area contributed by atoms with Gasteiger partial charge in [-0.25, -0.2) is 0 Å². The quantitative estimate of drug-likeness (QED) is 0.864. The number of carbonyl (C=O) groups excluding carboxylic acids is 1. The summed E-state index contributed by atoms with van der Waals surface area (Å²) in [5, 5.41) is 6.55. The summed E-state index contributed by atoms with van der Waals surface area (Å²) in [4.78, 5) is 12.3. The number of nitrogens with one attached hydrogen (secondary N) is 2. The molecule has 0 aromatic heterocycles. The standard InChI is InChI=1S/C15H20N2OS/c18-15(17-13-5-7-19-8-6-13)14-9-11-3-1-2-4-12(11)10-16-14/h1-4,13-14,16H,5-10H2,(H,17,18)/t14-/m0/s1. The molecule has 3 rings (SSSR count). The third-order valence-corrected chi connectivity index (χ3v) is 5.01. The third kappa shape index (κ3) is 3.12. The first-order valence-electron chi connectivity index (χ1n) is 7.01. The summed E-state index contributed by atoms with van der Waals surface area (Å²) in [6.07, 6.45) is 3.03. The van der Waals surface area contributed by atoms with Gasteiger partial charge < -0.3 is 10.6 Å². The highest BCUT2D eigenvalue weighted by Crippen LogP contribution is 2.19. The molecule has 2 heterocycles. The van der Waals surface area contributed by atoms with Crippen LogP contribution < -0.4 is 10.6 Å². The second-order valence-corrected chi connectivity index (χ2v) is 6.53. The molecule has 2 aliphatic rings. The van der Waals surface area contributed by atoms with E-state index in [9.17, 15) is 4.79 Å². The van der Waals surface area contributed by atoms with E-state index < -0.39 is 0 Å². The van der Waals surface area contributed by atoms with Gasteiger partial charge in [0.1, 0.15) is 0 Å². The number of amides is 1. The Hall–Kier alpha value is -1.00. The van der Waals surface area contributed by atoms with Crippen molar-refractivity contribution in [1.82, 2.24) is 10.6 Å². The molecule has 0 bridgehead atoms. The van der Waals surface area contributed by atoms with E-state index in [1.807, 2.05) is 11.8 Å². The Morgan fingerprint density at radius 1 is 1.21 bits per heavy atom. The highest BCUT2D eigenvalue weighted by Gasteiger charge is 2.26. The van der Waals surface area contributed by atoms with Crippen molar-refractivity contribution in [2.45, 2.75) is 37.9 Å². The van der Waals surface area contributed by atoms with E-state index in [1.54, 1.807) is 0 Å². The Morgan fingerprint density at radius 3 is 2.74 bits per heavy atom. The molecule has 0 radical (unpaired) electrons. The molecule has 3 nitrogen and oxygen atoms in total. The van der Waals surface area contributed by atoms with Gasteiger partial charge in [0.05, 0.1) is 6.04 Å². The number of carbonyl (C=O) groups is 1. The molecule has 19 heavy (non-hydrogen) atoms. The van der Waals surface area contributed by atoms with Crippen LogP contribution in [-0.2, 0) is 17.8 Å². The van der Waals surface area contributed by atoms with Crippen LogP contribution in [0.1, 0.15) is 24.0 Å². The number of thioether (sulfide) groups is 1. The van der Waals surface area contributed by atoms with Crippen molar-refractivity contribution in [1.29, 1.82) is 0 Å². The fraction of sp³-hybridized carbons (Fsp3) is 0.533. The summed E-state index contributed by atoms with van der Waals surface area (Å²) in [6, 6.07) is 8.69. The van der Waals surface area contributed by atoms with Gasteiger partial charge in [0, 0.05) is 12.6 Å². The first-order valence-corrected chi connectivity index (χ1v) is 8.16. The Labute approximate surface area is 118 Å². The zero-order chi connectivity index (χ0) is 13.1. The van der Waals surface area contributed by atoms with Crippen LogP contribution in [-0.4, -0.2) is 29.5 Å². The number of hydrogen-bond acceptors (Lipinski definition) is 3. The Morgan fingerprint density at radius 2 is 1.95 bits per heavy atom. The Balaban J connectivity index is 1.59. The summed E-state index contributed by atoms with van der Waals surface area (Å²) in [7, 11) is 0. The minimum atomic E-state index is -0.0653. The van der Waals surface area contributed by atoms with Gasteiger partial charge in [0.2, 0.25) is 5.91 Å². The van der Waals surface area contributed by atoms with E-state index in [0.29, 0.717) is 6.04 Å². The summed E-state index contributed by atoms with van der Waals surface area (Å²) < 4.78 is 0. The maximum absolute atomic E-state index is 12.3. The van der Waals surface area contributed by atoms with Crippen molar-refractivity contribution in [2.75, 3.05) is 11.5 Å². The average Bonchev–Trinajstić information content (AvgIpc) is 2.48. The van der Waals surface area contributed by atoms with E-state index in [0.717, 1.165) is 25.8 Å². The van der Waals surface area contributed by atoms with Crippen LogP contribution in [0.3, 0.4) is 0 Å². The predicted octanol–water partition coefficient (Wildman–Crippen LogP) is 1.71. The lowest BCUT2D eigenvalue weighted by Gasteiger charge is -2.28. The second-order valence-electron chi connectivity index (χ2n) is 5.30. The summed E-state index contributed by atoms with van der Waals surface area (Å²) in [5.41, 5.74) is 2.63. The highest BCUT2D eigenvalue weighted by molar-refractivity contribution is 7.99. The van der Waals surface area contributed by atoms with Crippen molar-refractivity contribution < 1.29 is 4.79 Å². The number of fused-ring (bicyclic) bond motifs is 1. The van der Waals surface area contributed by atoms with Crippen molar-refractivity contribution >= 4 is 17.7 Å². The number of benzene rings is 1. The van der Waals surface area contributed by atoms with E-state index in [1.165, 1.54) is 22.6 Å². The highest BCUT2D eigenvalue weighted by atomic mass is 32.2. The van der Waals surface area contributed by atoms with Crippen LogP contribution in [0.4, 0.5) is 0 Å². The lowest BCUT2D eigenvalue weighted by atomic mass is 9.95. The summed E-state index contributed by atoms with van der Waals surface area (Å²) in [6.45, 7) is 0.800. The van der Waals surface area contributed by atoms with Gasteiger partial charge in [-0.05, 0) is 41.9 Å². The molecular formula is C15H20N2OS. The van der Waals surface area contributed by atoms with E-state index in [-0.39, 0.29) is 11.9 Å². The van der Waals surface area contributed by atoms with Crippen LogP contribution >= 0.6 is 11.8 Å². The van der Waals surface area contributed by atoms with Crippen molar-refractivity contribution in [2.24, 2.45) is 0 Å². The average molecular weight is 276 g/mol. The molecular weight excluding hydrogens is 256 g/mol. The molecule has 4 heteroatoms. The molecule has 1 fully saturated rings. The molecule has 1 atom stereocenters. The van der Waals surface area contributed by atoms with Crippen LogP contribution in [0.25, 0.3) is 0 Å². The Kier molecular flexibility index (Phi) is 4.09. The van der Waals surface area contributed by atoms with E-state index in [2.05, 4.69) is 34.9 Å². The van der Waals surface area contributed by atoms with Crippen molar-refractivity contribution in [3.63, 3.8) is 0 Å². The zero-order valence-electron chi connectivity index (χ0n) is 11.0. The molecule has 0 unspecified atom stereocenters. The van der Waals surface area contributed by atoms with Crippen LogP contribution in [0, 0.1) is 0 Å². The minimum Gasteiger partial charge on any atom is -0.352 e. The Bertz CT molecular complexity index is 457. The topological polar surface area (TPSA) is 41.1 Å². The zero-order valence-corrected chi connectivity index (χ0v) is 11.8. The van der Waals surface area contributed by atoms with Gasteiger partial charge in [-0.3, -0.25) is 4.79 Å². The van der Waals surface area contributed by atoms with Gasteiger partial charge in [0.25, 0.3) is 0 Å². The smallest absolute Gasteiger partial charge is 0.237 e. The summed E-state index contributed by atoms with van der Waals surface area (Å²) in [5.74, 6) is 2.52. The molecule has 102 valence electrons. The van der Waals surface area contributed by atoms with Crippen LogP contribution in [0.5, 0.6) is 0 Å². The van der Waals surface area contributed by atoms with Crippen LogP contribution in [0.15, 0.2) is 24.3 Å². The van der Waals surface area contributed by atoms with Gasteiger partial charge in [-0.2, -0.15) is 11.8 Å². The maximum atomic E-state index is 12.3. The fourth-order valence-electron chi connectivity index (χ4n) is 2.78. The normalized spacial score (nSPS) is 23.7. The van der Waals surface area contributed by atoms with E-state index in [4.69, 9.17) is 0 Å². The molecule has 1 aromatic rings. The third-order valence-electron chi connectivity index (χ3n) is 3.97. The number of rotatable bonds is 2. The molecule has 0 spiro atoms. The monoisotopic (exact) mass is 276 g/mol. The molecule has 2 aliphatic heterocycles. The first kappa shape index (κ1) is 13.0. The summed E-state index contributed by atoms with van der Waals surface area (Å²) >= 11 is 1.99. The molecule has 1 aromatic carbocycles. The maximum Gasteiger partial charge on any atom is 0.237 e. The molecule has 0 saturated carbocycles. The number of hydrogen-bond donors (Lipinski definition) is 2. The minimum absolute atomic E-state index is 0.0653. The van der Waals surface area contributed by atoms with Crippen molar-refractivity contribution in [3.8, 4) is 0 Å². The van der Waals surface area contributed by atoms with Gasteiger partial charge in [0.15, 0.2) is 0 Å². The molecule has 0 aliphatic carbocycles. The molecule has 2 N–H and O–H groups in total. The van der Waals surface area contributed by atoms with Crippen LogP contribution in [0.2, 0.25) is 0 Å². The van der Waals surface area contributed by atoms with E-state index >= 15 is 0 Å². The lowest BCUT2D eigenvalue weighted by Crippen LogP contribution is -2.51. The fourth-order valence-corrected chi connectivity index (χ4v) is 3.89. The molecule has 1 saturated heterocycles. The van der Waals surface area contributed by atoms with Gasteiger partial charge in [-0.1, -0.05) is 24.3 Å². The van der Waals surface area contributed by atoms with Gasteiger partial charge in [-0.15, -0.1) is 0 Å².